The minimum atomic E-state index is -0.904. The number of amides is 2. The van der Waals surface area contributed by atoms with E-state index in [0.29, 0.717) is 18.2 Å². The zero-order valence-corrected chi connectivity index (χ0v) is 13.7. The molecule has 0 aromatic rings. The molecule has 0 saturated heterocycles. The average Bonchev–Trinajstić information content (AvgIpc) is 2.97. The molecule has 2 saturated carbocycles. The van der Waals surface area contributed by atoms with Crippen LogP contribution in [0, 0.1) is 17.8 Å². The van der Waals surface area contributed by atoms with Gasteiger partial charge in [0.05, 0.1) is 0 Å². The quantitative estimate of drug-likeness (QED) is 0.818. The van der Waals surface area contributed by atoms with Crippen molar-refractivity contribution in [1.82, 2.24) is 10.6 Å². The molecular formula is C15H28N2O2S. The van der Waals surface area contributed by atoms with Crippen LogP contribution in [0.25, 0.3) is 0 Å². The molecule has 2 aliphatic carbocycles. The number of hydrogen-bond donors (Lipinski definition) is 2. The van der Waals surface area contributed by atoms with Crippen LogP contribution in [0.4, 0.5) is 4.79 Å². The van der Waals surface area contributed by atoms with Gasteiger partial charge in [0, 0.05) is 34.4 Å². The van der Waals surface area contributed by atoms with E-state index in [-0.39, 0.29) is 10.8 Å². The Kier molecular flexibility index (Phi) is 5.10. The lowest BCUT2D eigenvalue weighted by molar-refractivity contribution is 0.235. The van der Waals surface area contributed by atoms with E-state index < -0.39 is 10.8 Å². The maximum Gasteiger partial charge on any atom is 0.314 e. The number of carbonyl (C=O) groups is 1. The normalized spacial score (nSPS) is 30.2. The van der Waals surface area contributed by atoms with Gasteiger partial charge in [0.1, 0.15) is 0 Å². The first-order valence-corrected chi connectivity index (χ1v) is 9.08. The second-order valence-corrected chi connectivity index (χ2v) is 9.56. The van der Waals surface area contributed by atoms with Crippen molar-refractivity contribution in [3.63, 3.8) is 0 Å². The van der Waals surface area contributed by atoms with E-state index in [9.17, 15) is 9.00 Å². The Labute approximate surface area is 124 Å². The summed E-state index contributed by atoms with van der Waals surface area (Å²) in [7, 11) is -0.904. The fourth-order valence-electron chi connectivity index (χ4n) is 3.48. The molecule has 0 unspecified atom stereocenters. The minimum Gasteiger partial charge on any atom is -0.338 e. The van der Waals surface area contributed by atoms with Crippen LogP contribution < -0.4 is 10.6 Å². The van der Waals surface area contributed by atoms with Gasteiger partial charge < -0.3 is 10.6 Å². The van der Waals surface area contributed by atoms with Gasteiger partial charge in [-0.3, -0.25) is 4.21 Å². The highest BCUT2D eigenvalue weighted by Crippen LogP contribution is 2.47. The van der Waals surface area contributed by atoms with Crippen molar-refractivity contribution in [2.45, 2.75) is 51.2 Å². The highest BCUT2D eigenvalue weighted by atomic mass is 32.2. The molecule has 0 aliphatic heterocycles. The molecule has 0 radical (unpaired) electrons. The van der Waals surface area contributed by atoms with Crippen molar-refractivity contribution in [2.24, 2.45) is 17.8 Å². The van der Waals surface area contributed by atoms with Gasteiger partial charge >= 0.3 is 6.03 Å². The average molecular weight is 300 g/mol. The minimum absolute atomic E-state index is 0.112. The fraction of sp³-hybridized carbons (Fsp3) is 0.933. The van der Waals surface area contributed by atoms with Gasteiger partial charge in [-0.1, -0.05) is 6.42 Å². The number of fused-ring (bicyclic) bond motifs is 2. The second-order valence-electron chi connectivity index (χ2n) is 7.23. The number of nitrogens with one attached hydrogen (secondary N) is 2. The lowest BCUT2D eigenvalue weighted by Gasteiger charge is -2.22. The Hall–Kier alpha value is -0.580. The van der Waals surface area contributed by atoms with Crippen LogP contribution >= 0.6 is 0 Å². The van der Waals surface area contributed by atoms with Crippen LogP contribution in [0.3, 0.4) is 0 Å². The first-order valence-electron chi connectivity index (χ1n) is 7.76. The molecule has 2 N–H and O–H groups in total. The molecule has 0 heterocycles. The van der Waals surface area contributed by atoms with Gasteiger partial charge in [-0.2, -0.15) is 0 Å². The van der Waals surface area contributed by atoms with Gasteiger partial charge in [-0.15, -0.1) is 0 Å². The number of carbonyl (C=O) groups excluding carboxylic acids is 1. The van der Waals surface area contributed by atoms with Crippen LogP contribution in [-0.4, -0.2) is 33.8 Å². The summed E-state index contributed by atoms with van der Waals surface area (Å²) in [6.07, 6.45) is 5.41. The predicted molar refractivity (Wildman–Crippen MR) is 83.1 cm³/mol. The lowest BCUT2D eigenvalue weighted by atomic mass is 9.89. The molecule has 2 rings (SSSR count). The molecule has 2 bridgehead atoms. The monoisotopic (exact) mass is 300 g/mol. The van der Waals surface area contributed by atoms with Crippen molar-refractivity contribution in [3.8, 4) is 0 Å². The summed E-state index contributed by atoms with van der Waals surface area (Å²) in [5.74, 6) is 2.96. The van der Waals surface area contributed by atoms with Crippen molar-refractivity contribution in [3.05, 3.63) is 0 Å². The van der Waals surface area contributed by atoms with Crippen LogP contribution in [-0.2, 0) is 10.8 Å². The maximum atomic E-state index is 11.8. The first kappa shape index (κ1) is 15.8. The fourth-order valence-corrected chi connectivity index (χ4v) is 4.38. The molecule has 0 aromatic heterocycles. The molecule has 4 atom stereocenters. The van der Waals surface area contributed by atoms with Crippen LogP contribution in [0.1, 0.15) is 46.5 Å². The molecule has 20 heavy (non-hydrogen) atoms. The lowest BCUT2D eigenvalue weighted by Crippen LogP contribution is -2.41. The summed E-state index contributed by atoms with van der Waals surface area (Å²) in [5, 5.41) is 5.78. The summed E-state index contributed by atoms with van der Waals surface area (Å²) in [4.78, 5) is 11.7. The molecule has 5 heteroatoms. The Morgan fingerprint density at radius 3 is 2.50 bits per heavy atom. The zero-order chi connectivity index (χ0) is 14.8. The number of hydrogen-bond acceptors (Lipinski definition) is 2. The van der Waals surface area contributed by atoms with Crippen LogP contribution in [0.15, 0.2) is 0 Å². The van der Waals surface area contributed by atoms with E-state index in [4.69, 9.17) is 0 Å². The summed E-state index contributed by atoms with van der Waals surface area (Å²) in [5.41, 5.74) is 0. The van der Waals surface area contributed by atoms with Gasteiger partial charge in [-0.05, 0) is 57.8 Å². The molecule has 0 spiro atoms. The van der Waals surface area contributed by atoms with E-state index in [1.165, 1.54) is 25.7 Å². The van der Waals surface area contributed by atoms with E-state index in [2.05, 4.69) is 10.6 Å². The standard InChI is InChI=1S/C15H28N2O2S/c1-15(2,3)20(19)7-6-16-14(18)17-10-13-9-11-4-5-12(13)8-11/h11-13H,4-10H2,1-3H3,(H2,16,17,18)/t11-,12-,13-,20+/m0/s1. The number of urea groups is 1. The van der Waals surface area contributed by atoms with E-state index in [1.54, 1.807) is 0 Å². The number of rotatable bonds is 5. The third kappa shape index (κ3) is 4.21. The molecule has 0 aromatic carbocycles. The predicted octanol–water partition coefficient (Wildman–Crippen LogP) is 2.27. The van der Waals surface area contributed by atoms with Crippen molar-refractivity contribution in [2.75, 3.05) is 18.8 Å². The Morgan fingerprint density at radius 2 is 1.95 bits per heavy atom. The Balaban J connectivity index is 1.58. The molecular weight excluding hydrogens is 272 g/mol. The third-order valence-corrected chi connectivity index (χ3v) is 6.61. The van der Waals surface area contributed by atoms with E-state index in [0.717, 1.165) is 18.4 Å². The second kappa shape index (κ2) is 6.46. The van der Waals surface area contributed by atoms with Gasteiger partial charge in [0.2, 0.25) is 0 Å². The molecule has 2 fully saturated rings. The highest BCUT2D eigenvalue weighted by molar-refractivity contribution is 7.86. The van der Waals surface area contributed by atoms with Crippen molar-refractivity contribution >= 4 is 16.8 Å². The van der Waals surface area contributed by atoms with E-state index >= 15 is 0 Å². The Bertz CT molecular complexity index is 379. The third-order valence-electron chi connectivity index (χ3n) is 4.67. The van der Waals surface area contributed by atoms with Gasteiger partial charge in [0.15, 0.2) is 0 Å². The zero-order valence-electron chi connectivity index (χ0n) is 12.9. The molecule has 116 valence electrons. The maximum absolute atomic E-state index is 11.8. The summed E-state index contributed by atoms with van der Waals surface area (Å²) in [6.45, 7) is 7.15. The summed E-state index contributed by atoms with van der Waals surface area (Å²) in [6, 6.07) is -0.112. The molecule has 2 amide bonds. The summed E-state index contributed by atoms with van der Waals surface area (Å²) < 4.78 is 11.6. The van der Waals surface area contributed by atoms with Crippen molar-refractivity contribution < 1.29 is 9.00 Å². The smallest absolute Gasteiger partial charge is 0.314 e. The van der Waals surface area contributed by atoms with Crippen molar-refractivity contribution in [1.29, 1.82) is 0 Å². The highest BCUT2D eigenvalue weighted by Gasteiger charge is 2.39. The Morgan fingerprint density at radius 1 is 1.20 bits per heavy atom. The molecule has 4 nitrogen and oxygen atoms in total. The molecule has 2 aliphatic rings. The van der Waals surface area contributed by atoms with Crippen LogP contribution in [0.5, 0.6) is 0 Å². The summed E-state index contributed by atoms with van der Waals surface area (Å²) >= 11 is 0. The largest absolute Gasteiger partial charge is 0.338 e. The topological polar surface area (TPSA) is 58.2 Å². The SMILES string of the molecule is CC(C)(C)[S@](=O)CCNC(=O)NC[C@@H]1C[C@H]2CC[C@H]1C2. The van der Waals surface area contributed by atoms with Gasteiger partial charge in [-0.25, -0.2) is 4.79 Å². The first-order chi connectivity index (χ1) is 9.36. The van der Waals surface area contributed by atoms with Gasteiger partial charge in [0.25, 0.3) is 0 Å². The van der Waals surface area contributed by atoms with Crippen LogP contribution in [0.2, 0.25) is 0 Å². The van der Waals surface area contributed by atoms with E-state index in [1.807, 2.05) is 20.8 Å².